The van der Waals surface area contributed by atoms with Gasteiger partial charge in [0.1, 0.15) is 5.75 Å². The van der Waals surface area contributed by atoms with E-state index in [2.05, 4.69) is 0 Å². The van der Waals surface area contributed by atoms with Crippen molar-refractivity contribution in [2.75, 3.05) is 44.2 Å². The molecule has 1 aromatic rings. The highest BCUT2D eigenvalue weighted by atomic mass is 16.5. The molecule has 2 saturated heterocycles. The molecule has 2 aliphatic rings. The van der Waals surface area contributed by atoms with Crippen LogP contribution in [-0.4, -0.2) is 66.9 Å². The Morgan fingerprint density at radius 2 is 1.75 bits per heavy atom. The molecule has 0 N–H and O–H groups in total. The summed E-state index contributed by atoms with van der Waals surface area (Å²) in [7, 11) is 0. The third kappa shape index (κ3) is 4.13. The minimum absolute atomic E-state index is 0.00128. The first-order chi connectivity index (χ1) is 13.4. The van der Waals surface area contributed by atoms with Gasteiger partial charge in [-0.2, -0.15) is 0 Å². The molecule has 7 heteroatoms. The number of hydrogen-bond acceptors (Lipinski definition) is 4. The van der Waals surface area contributed by atoms with Gasteiger partial charge >= 0.3 is 0 Å². The molecule has 0 aromatic heterocycles. The van der Waals surface area contributed by atoms with Crippen LogP contribution in [0.2, 0.25) is 0 Å². The highest BCUT2D eigenvalue weighted by Gasteiger charge is 2.39. The number of carbonyl (C=O) groups is 3. The van der Waals surface area contributed by atoms with E-state index in [4.69, 9.17) is 4.74 Å². The van der Waals surface area contributed by atoms with Crippen LogP contribution in [0.25, 0.3) is 0 Å². The number of hydrogen-bond donors (Lipinski definition) is 0. The molecule has 0 bridgehead atoms. The van der Waals surface area contributed by atoms with Gasteiger partial charge in [-0.3, -0.25) is 14.4 Å². The van der Waals surface area contributed by atoms with Crippen LogP contribution in [0.4, 0.5) is 5.69 Å². The summed E-state index contributed by atoms with van der Waals surface area (Å²) in [5, 5.41) is 0. The second-order valence-electron chi connectivity index (χ2n) is 7.61. The van der Waals surface area contributed by atoms with Crippen molar-refractivity contribution in [3.05, 3.63) is 24.3 Å². The van der Waals surface area contributed by atoms with Gasteiger partial charge in [-0.1, -0.05) is 26.0 Å². The van der Waals surface area contributed by atoms with Crippen molar-refractivity contribution < 1.29 is 19.1 Å². The summed E-state index contributed by atoms with van der Waals surface area (Å²) >= 11 is 0. The van der Waals surface area contributed by atoms with Crippen LogP contribution in [0, 0.1) is 11.8 Å². The van der Waals surface area contributed by atoms with Crippen molar-refractivity contribution in [3.8, 4) is 5.75 Å². The number of amides is 3. The number of ether oxygens (including phenoxy) is 1. The maximum atomic E-state index is 13.0. The van der Waals surface area contributed by atoms with E-state index in [1.165, 1.54) is 0 Å². The highest BCUT2D eigenvalue weighted by molar-refractivity contribution is 6.01. The summed E-state index contributed by atoms with van der Waals surface area (Å²) in [5.41, 5.74) is 0.719. The lowest BCUT2D eigenvalue weighted by molar-refractivity contribution is -0.143. The molecule has 0 aliphatic carbocycles. The molecular weight excluding hydrogens is 358 g/mol. The first-order valence-corrected chi connectivity index (χ1v) is 10.0. The van der Waals surface area contributed by atoms with Gasteiger partial charge in [-0.05, 0) is 19.1 Å². The molecular formula is C21H29N3O4. The fourth-order valence-electron chi connectivity index (χ4n) is 3.83. The van der Waals surface area contributed by atoms with E-state index in [-0.39, 0.29) is 36.0 Å². The van der Waals surface area contributed by atoms with Gasteiger partial charge in [0.25, 0.3) is 0 Å². The second kappa shape index (κ2) is 8.63. The van der Waals surface area contributed by atoms with Crippen LogP contribution in [0.5, 0.6) is 5.75 Å². The molecule has 152 valence electrons. The van der Waals surface area contributed by atoms with Crippen LogP contribution in [0.3, 0.4) is 0 Å². The molecule has 3 rings (SSSR count). The molecule has 2 fully saturated rings. The summed E-state index contributed by atoms with van der Waals surface area (Å²) in [4.78, 5) is 42.9. The van der Waals surface area contributed by atoms with Gasteiger partial charge in [0, 0.05) is 45.1 Å². The van der Waals surface area contributed by atoms with E-state index in [1.807, 2.05) is 49.9 Å². The molecule has 3 amide bonds. The van der Waals surface area contributed by atoms with Crippen LogP contribution in [0.15, 0.2) is 24.3 Å². The number of anilines is 1. The summed E-state index contributed by atoms with van der Waals surface area (Å²) in [6.07, 6.45) is 0.213. The fourth-order valence-corrected chi connectivity index (χ4v) is 3.83. The average molecular weight is 387 g/mol. The van der Waals surface area contributed by atoms with Crippen LogP contribution >= 0.6 is 0 Å². The molecule has 0 unspecified atom stereocenters. The van der Waals surface area contributed by atoms with Gasteiger partial charge < -0.3 is 19.4 Å². The van der Waals surface area contributed by atoms with E-state index in [1.54, 1.807) is 9.80 Å². The summed E-state index contributed by atoms with van der Waals surface area (Å²) < 4.78 is 5.64. The third-order valence-electron chi connectivity index (χ3n) is 5.33. The highest BCUT2D eigenvalue weighted by Crippen LogP contribution is 2.33. The third-order valence-corrected chi connectivity index (χ3v) is 5.33. The Morgan fingerprint density at radius 1 is 1.11 bits per heavy atom. The molecule has 2 heterocycles. The Hall–Kier alpha value is -2.57. The predicted molar refractivity (Wildman–Crippen MR) is 106 cm³/mol. The minimum Gasteiger partial charge on any atom is -0.492 e. The predicted octanol–water partition coefficient (Wildman–Crippen LogP) is 1.76. The van der Waals surface area contributed by atoms with Gasteiger partial charge in [0.15, 0.2) is 0 Å². The Kier molecular flexibility index (Phi) is 6.21. The van der Waals surface area contributed by atoms with E-state index < -0.39 is 0 Å². The van der Waals surface area contributed by atoms with Gasteiger partial charge in [0.2, 0.25) is 17.7 Å². The van der Waals surface area contributed by atoms with Crippen LogP contribution < -0.4 is 9.64 Å². The minimum atomic E-state index is -0.352. The summed E-state index contributed by atoms with van der Waals surface area (Å²) in [6.45, 7) is 8.72. The van der Waals surface area contributed by atoms with Gasteiger partial charge in [0.05, 0.1) is 18.2 Å². The lowest BCUT2D eigenvalue weighted by Crippen LogP contribution is -2.53. The molecule has 0 spiro atoms. The average Bonchev–Trinajstić information content (AvgIpc) is 3.09. The molecule has 1 atom stereocenters. The van der Waals surface area contributed by atoms with Crippen LogP contribution in [0.1, 0.15) is 27.2 Å². The first kappa shape index (κ1) is 20.2. The Balaban J connectivity index is 1.63. The van der Waals surface area contributed by atoms with Crippen molar-refractivity contribution in [3.63, 3.8) is 0 Å². The lowest BCUT2D eigenvalue weighted by atomic mass is 10.1. The van der Waals surface area contributed by atoms with Gasteiger partial charge in [-0.25, -0.2) is 0 Å². The number of rotatable bonds is 5. The zero-order valence-electron chi connectivity index (χ0n) is 16.9. The number of carbonyl (C=O) groups excluding carboxylic acids is 3. The van der Waals surface area contributed by atoms with Crippen molar-refractivity contribution in [1.29, 1.82) is 0 Å². The number of para-hydroxylation sites is 2. The topological polar surface area (TPSA) is 70.2 Å². The molecule has 1 aromatic carbocycles. The van der Waals surface area contributed by atoms with Gasteiger partial charge in [-0.15, -0.1) is 0 Å². The fraction of sp³-hybridized carbons (Fsp3) is 0.571. The lowest BCUT2D eigenvalue weighted by Gasteiger charge is -2.36. The smallest absolute Gasteiger partial charge is 0.228 e. The van der Waals surface area contributed by atoms with Crippen molar-refractivity contribution in [2.45, 2.75) is 27.2 Å². The molecule has 0 saturated carbocycles. The molecule has 2 aliphatic heterocycles. The number of nitrogens with zero attached hydrogens (tertiary/aromatic N) is 3. The van der Waals surface area contributed by atoms with E-state index in [0.29, 0.717) is 45.1 Å². The quantitative estimate of drug-likeness (QED) is 0.772. The summed E-state index contributed by atoms with van der Waals surface area (Å²) in [6, 6.07) is 7.43. The number of piperazine rings is 1. The molecule has 28 heavy (non-hydrogen) atoms. The Morgan fingerprint density at radius 3 is 2.39 bits per heavy atom. The summed E-state index contributed by atoms with van der Waals surface area (Å²) in [5.74, 6) is 0.345. The van der Waals surface area contributed by atoms with Crippen molar-refractivity contribution in [2.24, 2.45) is 11.8 Å². The molecule has 7 nitrogen and oxygen atoms in total. The Labute approximate surface area is 166 Å². The Bertz CT molecular complexity index is 741. The maximum absolute atomic E-state index is 13.0. The zero-order chi connectivity index (χ0) is 20.3. The zero-order valence-corrected chi connectivity index (χ0v) is 16.9. The van der Waals surface area contributed by atoms with E-state index in [0.717, 1.165) is 5.69 Å². The van der Waals surface area contributed by atoms with E-state index in [9.17, 15) is 14.4 Å². The second-order valence-corrected chi connectivity index (χ2v) is 7.61. The standard InChI is InChI=1S/C21H29N3O4/c1-4-28-18-8-6-5-7-17(18)24-14-16(13-19(24)25)21(27)23-11-9-22(10-12-23)20(26)15(2)3/h5-8,15-16H,4,9-14H2,1-3H3/t16-/m1/s1. The monoisotopic (exact) mass is 387 g/mol. The number of benzene rings is 1. The largest absolute Gasteiger partial charge is 0.492 e. The molecule has 0 radical (unpaired) electrons. The van der Waals surface area contributed by atoms with Crippen molar-refractivity contribution >= 4 is 23.4 Å². The van der Waals surface area contributed by atoms with Crippen LogP contribution in [-0.2, 0) is 14.4 Å². The normalized spacial score (nSPS) is 20.1. The SMILES string of the molecule is CCOc1ccccc1N1C[C@H](C(=O)N2CCN(C(=O)C(C)C)CC2)CC1=O. The maximum Gasteiger partial charge on any atom is 0.228 e. The van der Waals surface area contributed by atoms with Crippen molar-refractivity contribution in [1.82, 2.24) is 9.80 Å². The first-order valence-electron chi connectivity index (χ1n) is 10.0. The van der Waals surface area contributed by atoms with E-state index >= 15 is 0 Å².